The fourth-order valence-corrected chi connectivity index (χ4v) is 3.59. The highest BCUT2D eigenvalue weighted by molar-refractivity contribution is 7.88. The van der Waals surface area contributed by atoms with E-state index in [4.69, 9.17) is 5.73 Å². The maximum absolute atomic E-state index is 11.9. The summed E-state index contributed by atoms with van der Waals surface area (Å²) in [6.45, 7) is 5.71. The van der Waals surface area contributed by atoms with Gasteiger partial charge < -0.3 is 5.73 Å². The minimum Gasteiger partial charge on any atom is -0.382 e. The van der Waals surface area contributed by atoms with Crippen LogP contribution in [0, 0.1) is 0 Å². The molecule has 3 rings (SSSR count). The number of nitrogen functional groups attached to an aromatic ring is 1. The summed E-state index contributed by atoms with van der Waals surface area (Å²) in [7, 11) is -3.48. The van der Waals surface area contributed by atoms with Gasteiger partial charge in [0, 0.05) is 12.2 Å². The number of hydrogen-bond acceptors (Lipinski definition) is 5. The molecule has 0 saturated heterocycles. The van der Waals surface area contributed by atoms with Crippen LogP contribution in [-0.4, -0.2) is 53.5 Å². The molecule has 152 valence electrons. The molecule has 0 amide bonds. The van der Waals surface area contributed by atoms with Crippen molar-refractivity contribution >= 4 is 33.0 Å². The molecule has 1 aromatic heterocycles. The fraction of sp³-hybridized carbons (Fsp3) is 0.250. The summed E-state index contributed by atoms with van der Waals surface area (Å²) in [5.41, 5.74) is 9.28. The van der Waals surface area contributed by atoms with Crippen LogP contribution in [0.4, 0.5) is 11.5 Å². The smallest absolute Gasteiger partial charge is 0.229 e. The number of allylic oxidation sites excluding steroid dienone is 3. The Morgan fingerprint density at radius 2 is 1.86 bits per heavy atom. The summed E-state index contributed by atoms with van der Waals surface area (Å²) in [6.07, 6.45) is 8.15. The Morgan fingerprint density at radius 3 is 2.48 bits per heavy atom. The van der Waals surface area contributed by atoms with Crippen LogP contribution in [-0.2, 0) is 10.0 Å². The summed E-state index contributed by atoms with van der Waals surface area (Å²) >= 11 is 0. The molecule has 9 heteroatoms. The van der Waals surface area contributed by atoms with Crippen LogP contribution in [0.2, 0.25) is 0 Å². The minimum atomic E-state index is -3.48. The molecular formula is C20H25N6O2S+. The Morgan fingerprint density at radius 1 is 1.17 bits per heavy atom. The number of rotatable bonds is 6. The molecule has 29 heavy (non-hydrogen) atoms. The Balaban J connectivity index is 2.04. The molecule has 1 heterocycles. The van der Waals surface area contributed by atoms with E-state index >= 15 is 0 Å². The second kappa shape index (κ2) is 8.44. The third-order valence-corrected chi connectivity index (χ3v) is 5.02. The molecule has 8 nitrogen and oxygen atoms in total. The second-order valence-corrected chi connectivity index (χ2v) is 8.27. The second-order valence-electron chi connectivity index (χ2n) is 6.52. The van der Waals surface area contributed by atoms with Gasteiger partial charge in [-0.2, -0.15) is 5.10 Å². The van der Waals surface area contributed by atoms with E-state index in [2.05, 4.69) is 19.4 Å². The molecule has 0 atom stereocenters. The molecule has 0 aliphatic heterocycles. The number of hydrogen-bond donors (Lipinski definition) is 2. The monoisotopic (exact) mass is 413 g/mol. The van der Waals surface area contributed by atoms with Crippen molar-refractivity contribution in [3.05, 3.63) is 60.5 Å². The summed E-state index contributed by atoms with van der Waals surface area (Å²) < 4.78 is 30.0. The average Bonchev–Trinajstić information content (AvgIpc) is 3.04. The van der Waals surface area contributed by atoms with Gasteiger partial charge in [-0.15, -0.1) is 0 Å². The lowest BCUT2D eigenvalue weighted by Crippen LogP contribution is -2.30. The number of nitrogens with zero attached hydrogens (tertiary/aromatic N) is 4. The number of aliphatic imine (C=N–C) groups is 1. The van der Waals surface area contributed by atoms with E-state index in [0.29, 0.717) is 22.9 Å². The molecular weight excluding hydrogens is 388 g/mol. The van der Waals surface area contributed by atoms with Crippen molar-refractivity contribution in [1.82, 2.24) is 14.5 Å². The maximum Gasteiger partial charge on any atom is 0.229 e. The summed E-state index contributed by atoms with van der Waals surface area (Å²) in [4.78, 5) is 4.57. The minimum absolute atomic E-state index is 0.370. The zero-order valence-electron chi connectivity index (χ0n) is 16.7. The third-order valence-electron chi connectivity index (χ3n) is 4.43. The van der Waals surface area contributed by atoms with Crippen LogP contribution in [0.1, 0.15) is 13.8 Å². The lowest BCUT2D eigenvalue weighted by Gasteiger charge is -2.13. The summed E-state index contributed by atoms with van der Waals surface area (Å²) in [6, 6.07) is 9.49. The van der Waals surface area contributed by atoms with Crippen molar-refractivity contribution in [2.75, 3.05) is 25.1 Å². The van der Waals surface area contributed by atoms with E-state index in [-0.39, 0.29) is 0 Å². The highest BCUT2D eigenvalue weighted by atomic mass is 32.2. The zero-order valence-corrected chi connectivity index (χ0v) is 17.5. The molecule has 1 aliphatic carbocycles. The van der Waals surface area contributed by atoms with Crippen LogP contribution < -0.4 is 10.5 Å². The summed E-state index contributed by atoms with van der Waals surface area (Å²) in [5.74, 6) is 0.370. The molecule has 0 saturated carbocycles. The molecule has 0 fully saturated rings. The van der Waals surface area contributed by atoms with Crippen molar-refractivity contribution in [3.63, 3.8) is 0 Å². The van der Waals surface area contributed by atoms with Crippen molar-refractivity contribution in [2.24, 2.45) is 4.99 Å². The Labute approximate surface area is 170 Å². The molecule has 0 radical (unpaired) electrons. The van der Waals surface area contributed by atoms with Gasteiger partial charge in [-0.1, -0.05) is 18.2 Å². The van der Waals surface area contributed by atoms with Gasteiger partial charge >= 0.3 is 0 Å². The van der Waals surface area contributed by atoms with Crippen LogP contribution in [0.15, 0.2) is 65.4 Å². The van der Waals surface area contributed by atoms with Gasteiger partial charge in [-0.3, -0.25) is 4.72 Å². The first-order chi connectivity index (χ1) is 13.8. The fourth-order valence-electron chi connectivity index (χ4n) is 3.03. The predicted octanol–water partition coefficient (Wildman–Crippen LogP) is 2.02. The Bertz CT molecular complexity index is 1120. The number of nitrogens with one attached hydrogen (secondary N) is 1. The van der Waals surface area contributed by atoms with Crippen molar-refractivity contribution in [2.45, 2.75) is 13.8 Å². The lowest BCUT2D eigenvalue weighted by molar-refractivity contribution is -0.519. The highest BCUT2D eigenvalue weighted by Crippen LogP contribution is 2.25. The number of nitrogens with two attached hydrogens (primary N) is 1. The Hall–Kier alpha value is -3.20. The first kappa shape index (κ1) is 20.5. The van der Waals surface area contributed by atoms with Gasteiger partial charge in [0.15, 0.2) is 5.82 Å². The van der Waals surface area contributed by atoms with Crippen LogP contribution in [0.3, 0.4) is 0 Å². The average molecular weight is 414 g/mol. The largest absolute Gasteiger partial charge is 0.382 e. The van der Waals surface area contributed by atoms with E-state index in [1.807, 2.05) is 50.3 Å². The van der Waals surface area contributed by atoms with Gasteiger partial charge in [0.05, 0.1) is 29.5 Å². The van der Waals surface area contributed by atoms with E-state index < -0.39 is 10.0 Å². The molecule has 1 aliphatic rings. The van der Waals surface area contributed by atoms with Gasteiger partial charge in [0.1, 0.15) is 18.8 Å². The van der Waals surface area contributed by atoms with Gasteiger partial charge in [-0.05, 0) is 32.1 Å². The molecule has 0 unspecified atom stereocenters. The van der Waals surface area contributed by atoms with E-state index in [0.717, 1.165) is 30.7 Å². The lowest BCUT2D eigenvalue weighted by atomic mass is 10.1. The number of anilines is 1. The van der Waals surface area contributed by atoms with Gasteiger partial charge in [0.25, 0.3) is 0 Å². The zero-order chi connectivity index (χ0) is 21.0. The summed E-state index contributed by atoms with van der Waals surface area (Å²) in [5, 5.41) is 4.31. The molecule has 0 bridgehead atoms. The van der Waals surface area contributed by atoms with E-state index in [9.17, 15) is 8.42 Å². The van der Waals surface area contributed by atoms with Crippen molar-refractivity contribution in [3.8, 4) is 5.69 Å². The van der Waals surface area contributed by atoms with Crippen LogP contribution in [0.25, 0.3) is 5.69 Å². The van der Waals surface area contributed by atoms with Crippen molar-refractivity contribution in [1.29, 1.82) is 0 Å². The molecule has 2 aromatic rings. The normalized spacial score (nSPS) is 15.5. The predicted molar refractivity (Wildman–Crippen MR) is 117 cm³/mol. The standard InChI is InChI=1S/C20H24N6O2S/c1-4-25(5-2)16-11-12-17(18(13-16)24-29(3,27)28)23-19-14-22-26(20(19)21)15-9-7-6-8-10-15/h6-14H,4-5H2,1-3H3,(H2,21,22,24)/p+1. The SMILES string of the molecule is CC[N+](CC)=C1C=C/C(=N/c2cnn(-c3ccccc3)c2N)C(NS(C)(=O)=O)=C1. The first-order valence-electron chi connectivity index (χ1n) is 9.29. The number of sulfonamides is 1. The quantitative estimate of drug-likeness (QED) is 0.558. The van der Waals surface area contributed by atoms with Crippen LogP contribution in [0.5, 0.6) is 0 Å². The van der Waals surface area contributed by atoms with Crippen LogP contribution >= 0.6 is 0 Å². The van der Waals surface area contributed by atoms with E-state index in [1.54, 1.807) is 23.0 Å². The molecule has 1 aromatic carbocycles. The highest BCUT2D eigenvalue weighted by Gasteiger charge is 2.20. The first-order valence-corrected chi connectivity index (χ1v) is 11.2. The number of para-hydroxylation sites is 1. The number of aromatic nitrogens is 2. The van der Waals surface area contributed by atoms with Gasteiger partial charge in [-0.25, -0.2) is 22.7 Å². The maximum atomic E-state index is 11.9. The molecule has 3 N–H and O–H groups in total. The number of benzene rings is 1. The van der Waals surface area contributed by atoms with Gasteiger partial charge in [0.2, 0.25) is 15.7 Å². The van der Waals surface area contributed by atoms with Crippen molar-refractivity contribution < 1.29 is 13.0 Å². The molecule has 0 spiro atoms. The van der Waals surface area contributed by atoms with E-state index in [1.165, 1.54) is 0 Å². The Kier molecular flexibility index (Phi) is 5.97. The topological polar surface area (TPSA) is 105 Å². The third kappa shape index (κ3) is 4.80.